The standard InChI is InChI=1S/C14H20N2O3S/c1-18-9-10-19-8-4-7-13(17)16-12-6-3-2-5-11(12)14(15)20/h2-3,5-6H,4,7-10H2,1H3,(H2,15,20)(H,16,17). The number of carbonyl (C=O) groups excluding carboxylic acids is 1. The molecule has 0 heterocycles. The SMILES string of the molecule is COCCOCCCC(=O)Nc1ccccc1C(N)=S. The van der Waals surface area contributed by atoms with Gasteiger partial charge in [-0.25, -0.2) is 0 Å². The number of methoxy groups -OCH3 is 1. The van der Waals surface area contributed by atoms with Gasteiger partial charge in [0.25, 0.3) is 0 Å². The molecule has 0 fully saturated rings. The highest BCUT2D eigenvalue weighted by Crippen LogP contribution is 2.15. The number of carbonyl (C=O) groups is 1. The summed E-state index contributed by atoms with van der Waals surface area (Å²) in [6.07, 6.45) is 1.05. The molecule has 0 spiro atoms. The van der Waals surface area contributed by atoms with E-state index in [0.29, 0.717) is 43.9 Å². The van der Waals surface area contributed by atoms with Crippen LogP contribution < -0.4 is 11.1 Å². The molecule has 0 atom stereocenters. The van der Waals surface area contributed by atoms with Crippen molar-refractivity contribution in [1.29, 1.82) is 0 Å². The van der Waals surface area contributed by atoms with Crippen LogP contribution in [0.25, 0.3) is 0 Å². The van der Waals surface area contributed by atoms with Crippen LogP contribution in [-0.4, -0.2) is 37.8 Å². The Bertz CT molecular complexity index is 452. The summed E-state index contributed by atoms with van der Waals surface area (Å²) in [7, 11) is 1.62. The average Bonchev–Trinajstić information content (AvgIpc) is 2.43. The first-order valence-corrected chi connectivity index (χ1v) is 6.81. The zero-order chi connectivity index (χ0) is 14.8. The Morgan fingerprint density at radius 2 is 2.05 bits per heavy atom. The predicted molar refractivity (Wildman–Crippen MR) is 82.9 cm³/mol. The van der Waals surface area contributed by atoms with E-state index in [9.17, 15) is 4.79 Å². The van der Waals surface area contributed by atoms with Gasteiger partial charge in [-0.15, -0.1) is 0 Å². The predicted octanol–water partition coefficient (Wildman–Crippen LogP) is 1.70. The molecular formula is C14H20N2O3S. The molecule has 110 valence electrons. The van der Waals surface area contributed by atoms with Crippen LogP contribution in [0.5, 0.6) is 0 Å². The molecule has 0 saturated heterocycles. The van der Waals surface area contributed by atoms with Gasteiger partial charge in [0, 0.05) is 25.7 Å². The first kappa shape index (κ1) is 16.6. The molecule has 5 nitrogen and oxygen atoms in total. The molecule has 0 aliphatic rings. The summed E-state index contributed by atoms with van der Waals surface area (Å²) >= 11 is 4.94. The number of thiocarbonyl (C=S) groups is 1. The number of hydrogen-bond acceptors (Lipinski definition) is 4. The van der Waals surface area contributed by atoms with Crippen molar-refractivity contribution >= 4 is 28.8 Å². The van der Waals surface area contributed by atoms with Gasteiger partial charge in [-0.05, 0) is 18.6 Å². The van der Waals surface area contributed by atoms with E-state index >= 15 is 0 Å². The number of ether oxygens (including phenoxy) is 2. The summed E-state index contributed by atoms with van der Waals surface area (Å²) in [5.41, 5.74) is 6.92. The summed E-state index contributed by atoms with van der Waals surface area (Å²) in [4.78, 5) is 12.1. The molecule has 1 rings (SSSR count). The maximum atomic E-state index is 11.8. The third kappa shape index (κ3) is 6.10. The summed E-state index contributed by atoms with van der Waals surface area (Å²) in [5.74, 6) is -0.0796. The Balaban J connectivity index is 2.34. The normalized spacial score (nSPS) is 10.2. The zero-order valence-corrected chi connectivity index (χ0v) is 12.4. The fourth-order valence-electron chi connectivity index (χ4n) is 1.60. The number of hydrogen-bond donors (Lipinski definition) is 2. The molecule has 0 saturated carbocycles. The maximum Gasteiger partial charge on any atom is 0.224 e. The molecule has 1 amide bonds. The minimum absolute atomic E-state index is 0.0796. The summed E-state index contributed by atoms with van der Waals surface area (Å²) in [6.45, 7) is 1.64. The number of para-hydroxylation sites is 1. The lowest BCUT2D eigenvalue weighted by Gasteiger charge is -2.10. The van der Waals surface area contributed by atoms with Crippen LogP contribution in [0, 0.1) is 0 Å². The van der Waals surface area contributed by atoms with Crippen LogP contribution in [0.15, 0.2) is 24.3 Å². The molecule has 20 heavy (non-hydrogen) atoms. The first-order chi connectivity index (χ1) is 9.65. The van der Waals surface area contributed by atoms with E-state index in [1.165, 1.54) is 0 Å². The highest BCUT2D eigenvalue weighted by atomic mass is 32.1. The second-order valence-corrected chi connectivity index (χ2v) is 4.61. The highest BCUT2D eigenvalue weighted by Gasteiger charge is 2.07. The zero-order valence-electron chi connectivity index (χ0n) is 11.6. The fraction of sp³-hybridized carbons (Fsp3) is 0.429. The van der Waals surface area contributed by atoms with Gasteiger partial charge in [0.15, 0.2) is 0 Å². The van der Waals surface area contributed by atoms with Crippen molar-refractivity contribution in [2.75, 3.05) is 32.2 Å². The number of benzene rings is 1. The van der Waals surface area contributed by atoms with Crippen molar-refractivity contribution in [3.63, 3.8) is 0 Å². The van der Waals surface area contributed by atoms with Gasteiger partial charge >= 0.3 is 0 Å². The third-order valence-electron chi connectivity index (χ3n) is 2.59. The first-order valence-electron chi connectivity index (χ1n) is 6.40. The van der Waals surface area contributed by atoms with E-state index in [1.54, 1.807) is 19.2 Å². The van der Waals surface area contributed by atoms with E-state index in [4.69, 9.17) is 27.4 Å². The van der Waals surface area contributed by atoms with Gasteiger partial charge in [-0.2, -0.15) is 0 Å². The molecule has 0 bridgehead atoms. The van der Waals surface area contributed by atoms with Crippen LogP contribution in [0.4, 0.5) is 5.69 Å². The lowest BCUT2D eigenvalue weighted by atomic mass is 10.1. The van der Waals surface area contributed by atoms with Crippen LogP contribution in [-0.2, 0) is 14.3 Å². The van der Waals surface area contributed by atoms with Gasteiger partial charge < -0.3 is 20.5 Å². The number of nitrogens with one attached hydrogen (secondary N) is 1. The summed E-state index contributed by atoms with van der Waals surface area (Å²) in [5, 5.41) is 2.81. The lowest BCUT2D eigenvalue weighted by Crippen LogP contribution is -2.17. The van der Waals surface area contributed by atoms with E-state index in [2.05, 4.69) is 5.32 Å². The minimum Gasteiger partial charge on any atom is -0.389 e. The highest BCUT2D eigenvalue weighted by molar-refractivity contribution is 7.80. The second-order valence-electron chi connectivity index (χ2n) is 4.17. The van der Waals surface area contributed by atoms with Crippen molar-refractivity contribution in [2.45, 2.75) is 12.8 Å². The van der Waals surface area contributed by atoms with E-state index in [1.807, 2.05) is 12.1 Å². The number of anilines is 1. The molecule has 0 aliphatic heterocycles. The van der Waals surface area contributed by atoms with Gasteiger partial charge in [0.1, 0.15) is 4.99 Å². The van der Waals surface area contributed by atoms with Crippen LogP contribution in [0.2, 0.25) is 0 Å². The van der Waals surface area contributed by atoms with E-state index in [-0.39, 0.29) is 10.9 Å². The molecule has 1 aromatic carbocycles. The summed E-state index contributed by atoms with van der Waals surface area (Å²) < 4.78 is 10.1. The second kappa shape index (κ2) is 9.41. The lowest BCUT2D eigenvalue weighted by molar-refractivity contribution is -0.116. The number of rotatable bonds is 9. The maximum absolute atomic E-state index is 11.8. The van der Waals surface area contributed by atoms with E-state index < -0.39 is 0 Å². The third-order valence-corrected chi connectivity index (χ3v) is 2.81. The van der Waals surface area contributed by atoms with Crippen LogP contribution in [0.1, 0.15) is 18.4 Å². The Labute approximate surface area is 124 Å². The van der Waals surface area contributed by atoms with Gasteiger partial charge in [-0.3, -0.25) is 4.79 Å². The van der Waals surface area contributed by atoms with Crippen molar-refractivity contribution in [2.24, 2.45) is 5.73 Å². The molecule has 0 unspecified atom stereocenters. The number of nitrogens with two attached hydrogens (primary N) is 1. The molecule has 0 radical (unpaired) electrons. The Hall–Kier alpha value is -1.50. The topological polar surface area (TPSA) is 73.6 Å². The van der Waals surface area contributed by atoms with Gasteiger partial charge in [-0.1, -0.05) is 24.4 Å². The fourth-order valence-corrected chi connectivity index (χ4v) is 1.78. The van der Waals surface area contributed by atoms with Crippen molar-refractivity contribution in [3.8, 4) is 0 Å². The van der Waals surface area contributed by atoms with Gasteiger partial charge in [0.05, 0.1) is 18.9 Å². The van der Waals surface area contributed by atoms with Crippen molar-refractivity contribution < 1.29 is 14.3 Å². The van der Waals surface area contributed by atoms with Crippen molar-refractivity contribution in [3.05, 3.63) is 29.8 Å². The number of amides is 1. The van der Waals surface area contributed by atoms with Crippen LogP contribution >= 0.6 is 12.2 Å². The smallest absolute Gasteiger partial charge is 0.224 e. The molecule has 6 heteroatoms. The molecule has 0 aromatic heterocycles. The Morgan fingerprint density at radius 1 is 1.30 bits per heavy atom. The van der Waals surface area contributed by atoms with E-state index in [0.717, 1.165) is 0 Å². The Morgan fingerprint density at radius 3 is 2.75 bits per heavy atom. The van der Waals surface area contributed by atoms with Gasteiger partial charge in [0.2, 0.25) is 5.91 Å². The van der Waals surface area contributed by atoms with Crippen LogP contribution in [0.3, 0.4) is 0 Å². The molecule has 0 aliphatic carbocycles. The monoisotopic (exact) mass is 296 g/mol. The Kier molecular flexibility index (Phi) is 7.79. The quantitative estimate of drug-likeness (QED) is 0.536. The minimum atomic E-state index is -0.0796. The largest absolute Gasteiger partial charge is 0.389 e. The molecular weight excluding hydrogens is 276 g/mol. The molecule has 1 aromatic rings. The average molecular weight is 296 g/mol. The van der Waals surface area contributed by atoms with Crippen molar-refractivity contribution in [1.82, 2.24) is 0 Å². The summed E-state index contributed by atoms with van der Waals surface area (Å²) in [6, 6.07) is 7.21. The molecule has 3 N–H and O–H groups in total.